The van der Waals surface area contributed by atoms with Crippen LogP contribution in [0.3, 0.4) is 0 Å². The Hall–Kier alpha value is -4.13. The number of nitrogens with one attached hydrogen (secondary N) is 1. The maximum absolute atomic E-state index is 12.4. The summed E-state index contributed by atoms with van der Waals surface area (Å²) in [4.78, 5) is 16.5. The van der Waals surface area contributed by atoms with Crippen molar-refractivity contribution in [3.8, 4) is 28.6 Å². The molecule has 0 unspecified atom stereocenters. The van der Waals surface area contributed by atoms with E-state index in [-0.39, 0.29) is 12.5 Å². The van der Waals surface area contributed by atoms with E-state index in [0.717, 1.165) is 11.3 Å². The van der Waals surface area contributed by atoms with Crippen LogP contribution >= 0.6 is 0 Å². The number of rotatable bonds is 7. The molecule has 1 amide bonds. The fourth-order valence-electron chi connectivity index (χ4n) is 2.75. The van der Waals surface area contributed by atoms with Gasteiger partial charge in [-0.05, 0) is 42.5 Å². The molecule has 0 saturated heterocycles. The quantitative estimate of drug-likeness (QED) is 0.492. The van der Waals surface area contributed by atoms with Crippen LogP contribution in [0.2, 0.25) is 0 Å². The third-order valence-corrected chi connectivity index (χ3v) is 4.33. The minimum absolute atomic E-state index is 0.213. The zero-order valence-electron chi connectivity index (χ0n) is 16.2. The number of amides is 1. The van der Waals surface area contributed by atoms with Gasteiger partial charge in [0.25, 0.3) is 5.91 Å². The Labute approximate surface area is 173 Å². The van der Waals surface area contributed by atoms with E-state index in [9.17, 15) is 4.79 Å². The highest BCUT2D eigenvalue weighted by molar-refractivity contribution is 5.93. The van der Waals surface area contributed by atoms with E-state index in [1.54, 1.807) is 25.3 Å². The fraction of sp³-hybridized carbons (Fsp3) is 0.0870. The van der Waals surface area contributed by atoms with E-state index in [1.807, 2.05) is 54.6 Å². The second kappa shape index (κ2) is 8.91. The molecule has 150 valence electrons. The van der Waals surface area contributed by atoms with E-state index in [4.69, 9.17) is 14.0 Å². The first-order chi connectivity index (χ1) is 14.7. The van der Waals surface area contributed by atoms with Crippen molar-refractivity contribution in [2.24, 2.45) is 0 Å². The van der Waals surface area contributed by atoms with Crippen LogP contribution in [0.1, 0.15) is 16.1 Å². The minimum atomic E-state index is -0.267. The first kappa shape index (κ1) is 19.2. The predicted octanol–water partition coefficient (Wildman–Crippen LogP) is 4.47. The largest absolute Gasteiger partial charge is 0.497 e. The molecule has 4 rings (SSSR count). The highest BCUT2D eigenvalue weighted by Gasteiger charge is 2.11. The number of carbonyl (C=O) groups is 1. The van der Waals surface area contributed by atoms with E-state index in [1.165, 1.54) is 6.20 Å². The number of hydrogen-bond donors (Lipinski definition) is 1. The molecule has 2 heterocycles. The Balaban J connectivity index is 1.33. The average Bonchev–Trinajstić information content (AvgIpc) is 3.28. The number of methoxy groups -OCH3 is 1. The summed E-state index contributed by atoms with van der Waals surface area (Å²) >= 11 is 0. The average molecular weight is 401 g/mol. The van der Waals surface area contributed by atoms with Crippen LogP contribution in [0.15, 0.2) is 83.5 Å². The number of pyridine rings is 1. The number of para-hydroxylation sites is 1. The summed E-state index contributed by atoms with van der Waals surface area (Å²) in [6.07, 6.45) is 1.47. The van der Waals surface area contributed by atoms with Crippen LogP contribution in [0.4, 0.5) is 0 Å². The number of carbonyl (C=O) groups excluding carboxylic acids is 1. The van der Waals surface area contributed by atoms with Gasteiger partial charge < -0.3 is 19.3 Å². The Bertz CT molecular complexity index is 1110. The fourth-order valence-corrected chi connectivity index (χ4v) is 2.75. The lowest BCUT2D eigenvalue weighted by atomic mass is 10.1. The van der Waals surface area contributed by atoms with Crippen LogP contribution in [-0.2, 0) is 6.54 Å². The van der Waals surface area contributed by atoms with Crippen LogP contribution in [0, 0.1) is 0 Å². The molecule has 0 aliphatic carbocycles. The van der Waals surface area contributed by atoms with Crippen molar-refractivity contribution >= 4 is 5.91 Å². The second-order valence-electron chi connectivity index (χ2n) is 6.39. The monoisotopic (exact) mass is 401 g/mol. The lowest BCUT2D eigenvalue weighted by molar-refractivity contribution is 0.0946. The van der Waals surface area contributed by atoms with Gasteiger partial charge in [-0.2, -0.15) is 0 Å². The maximum atomic E-state index is 12.4. The van der Waals surface area contributed by atoms with Crippen molar-refractivity contribution in [3.63, 3.8) is 0 Å². The maximum Gasteiger partial charge on any atom is 0.253 e. The number of aromatic nitrogens is 2. The molecule has 7 heteroatoms. The SMILES string of the molecule is COc1ccc(-c2cc(CNC(=O)c3ccc(Oc4ccccc4)nc3)on2)cc1. The molecule has 0 spiro atoms. The highest BCUT2D eigenvalue weighted by atomic mass is 16.5. The van der Waals surface area contributed by atoms with Crippen molar-refractivity contribution in [3.05, 3.63) is 90.3 Å². The summed E-state index contributed by atoms with van der Waals surface area (Å²) in [5.41, 5.74) is 2.01. The molecule has 0 saturated carbocycles. The van der Waals surface area contributed by atoms with Gasteiger partial charge >= 0.3 is 0 Å². The van der Waals surface area contributed by atoms with Gasteiger partial charge in [-0.1, -0.05) is 23.4 Å². The van der Waals surface area contributed by atoms with E-state index in [0.29, 0.717) is 28.6 Å². The van der Waals surface area contributed by atoms with Gasteiger partial charge in [0, 0.05) is 23.9 Å². The minimum Gasteiger partial charge on any atom is -0.497 e. The molecular weight excluding hydrogens is 382 g/mol. The summed E-state index contributed by atoms with van der Waals surface area (Å²) in [6, 6.07) is 21.9. The molecule has 0 fully saturated rings. The lowest BCUT2D eigenvalue weighted by Gasteiger charge is -2.06. The zero-order valence-corrected chi connectivity index (χ0v) is 16.2. The van der Waals surface area contributed by atoms with Crippen LogP contribution in [0.25, 0.3) is 11.3 Å². The molecule has 0 radical (unpaired) electrons. The third-order valence-electron chi connectivity index (χ3n) is 4.33. The Kier molecular flexibility index (Phi) is 5.70. The first-order valence-corrected chi connectivity index (χ1v) is 9.28. The van der Waals surface area contributed by atoms with E-state index < -0.39 is 0 Å². The molecule has 2 aromatic carbocycles. The Morgan fingerprint density at radius 3 is 2.50 bits per heavy atom. The van der Waals surface area contributed by atoms with Crippen molar-refractivity contribution in [2.45, 2.75) is 6.54 Å². The molecule has 0 aliphatic heterocycles. The van der Waals surface area contributed by atoms with Gasteiger partial charge in [0.15, 0.2) is 5.76 Å². The normalized spacial score (nSPS) is 10.4. The van der Waals surface area contributed by atoms with Crippen molar-refractivity contribution < 1.29 is 18.8 Å². The summed E-state index contributed by atoms with van der Waals surface area (Å²) < 4.78 is 16.1. The molecule has 2 aromatic heterocycles. The van der Waals surface area contributed by atoms with E-state index >= 15 is 0 Å². The molecule has 7 nitrogen and oxygen atoms in total. The molecule has 1 N–H and O–H groups in total. The van der Waals surface area contributed by atoms with Gasteiger partial charge in [0.05, 0.1) is 19.2 Å². The van der Waals surface area contributed by atoms with E-state index in [2.05, 4.69) is 15.5 Å². The summed E-state index contributed by atoms with van der Waals surface area (Å²) in [5.74, 6) is 2.14. The van der Waals surface area contributed by atoms with Gasteiger partial charge in [-0.3, -0.25) is 4.79 Å². The van der Waals surface area contributed by atoms with Crippen LogP contribution in [0.5, 0.6) is 17.4 Å². The lowest BCUT2D eigenvalue weighted by Crippen LogP contribution is -2.22. The molecule has 30 heavy (non-hydrogen) atoms. The summed E-state index contributed by atoms with van der Waals surface area (Å²) in [6.45, 7) is 0.213. The number of hydrogen-bond acceptors (Lipinski definition) is 6. The van der Waals surface area contributed by atoms with Crippen LogP contribution < -0.4 is 14.8 Å². The Morgan fingerprint density at radius 1 is 1.00 bits per heavy atom. The number of nitrogens with zero attached hydrogens (tertiary/aromatic N) is 2. The van der Waals surface area contributed by atoms with Gasteiger partial charge in [0.1, 0.15) is 17.2 Å². The van der Waals surface area contributed by atoms with Gasteiger partial charge in [0.2, 0.25) is 5.88 Å². The zero-order chi connectivity index (χ0) is 20.8. The van der Waals surface area contributed by atoms with Crippen molar-refractivity contribution in [1.82, 2.24) is 15.5 Å². The Morgan fingerprint density at radius 2 is 1.80 bits per heavy atom. The number of benzene rings is 2. The van der Waals surface area contributed by atoms with Gasteiger partial charge in [-0.15, -0.1) is 0 Å². The predicted molar refractivity (Wildman–Crippen MR) is 110 cm³/mol. The third kappa shape index (κ3) is 4.64. The van der Waals surface area contributed by atoms with Crippen molar-refractivity contribution in [2.75, 3.05) is 7.11 Å². The molecule has 4 aromatic rings. The molecule has 0 atom stereocenters. The molecular formula is C23H19N3O4. The van der Waals surface area contributed by atoms with Crippen LogP contribution in [-0.4, -0.2) is 23.2 Å². The smallest absolute Gasteiger partial charge is 0.253 e. The summed E-state index contributed by atoms with van der Waals surface area (Å²) in [5, 5.41) is 6.84. The highest BCUT2D eigenvalue weighted by Crippen LogP contribution is 2.22. The molecule has 0 bridgehead atoms. The topological polar surface area (TPSA) is 86.5 Å². The number of ether oxygens (including phenoxy) is 2. The van der Waals surface area contributed by atoms with Gasteiger partial charge in [-0.25, -0.2) is 4.98 Å². The first-order valence-electron chi connectivity index (χ1n) is 9.28. The van der Waals surface area contributed by atoms with Crippen molar-refractivity contribution in [1.29, 1.82) is 0 Å². The summed E-state index contributed by atoms with van der Waals surface area (Å²) in [7, 11) is 1.62. The molecule has 0 aliphatic rings. The standard InChI is InChI=1S/C23H19N3O4/c1-28-18-10-7-16(8-11-18)21-13-20(30-26-21)15-25-23(27)17-9-12-22(24-14-17)29-19-5-3-2-4-6-19/h2-14H,15H2,1H3,(H,25,27). The second-order valence-corrected chi connectivity index (χ2v) is 6.39.